The molecule has 1 aliphatic rings. The summed E-state index contributed by atoms with van der Waals surface area (Å²) < 4.78 is 24.7. The molecule has 1 aromatic carbocycles. The number of hydrogen-bond acceptors (Lipinski definition) is 3. The maximum atomic E-state index is 13.2. The average Bonchev–Trinajstić information content (AvgIpc) is 3.09. The number of guanidine groups is 1. The molecule has 1 unspecified atom stereocenters. The van der Waals surface area contributed by atoms with Gasteiger partial charge in [0.15, 0.2) is 5.96 Å². The normalized spacial score (nSPS) is 17.2. The van der Waals surface area contributed by atoms with E-state index in [0.717, 1.165) is 63.7 Å². The highest BCUT2D eigenvalue weighted by Crippen LogP contribution is 2.16. The first-order valence-electron chi connectivity index (χ1n) is 8.27. The van der Waals surface area contributed by atoms with E-state index in [0.29, 0.717) is 4.47 Å². The largest absolute Gasteiger partial charge is 0.379 e. The lowest BCUT2D eigenvalue weighted by Crippen LogP contribution is -2.39. The lowest BCUT2D eigenvalue weighted by Gasteiger charge is -2.13. The smallest absolute Gasteiger partial charge is 0.190 e. The van der Waals surface area contributed by atoms with Crippen molar-refractivity contribution in [1.82, 2.24) is 10.6 Å². The fourth-order valence-electron chi connectivity index (χ4n) is 2.41. The number of nitrogens with zero attached hydrogens (tertiary/aromatic N) is 1. The molecule has 0 spiro atoms. The Kier molecular flexibility index (Phi) is 11.6. The van der Waals surface area contributed by atoms with E-state index in [1.54, 1.807) is 19.2 Å². The maximum Gasteiger partial charge on any atom is 0.190 e. The summed E-state index contributed by atoms with van der Waals surface area (Å²) in [4.78, 5) is 4.19. The van der Waals surface area contributed by atoms with Gasteiger partial charge in [0.1, 0.15) is 5.82 Å². The molecule has 0 amide bonds. The molecule has 1 heterocycles. The molecule has 5 nitrogen and oxygen atoms in total. The van der Waals surface area contributed by atoms with Crippen molar-refractivity contribution in [3.8, 4) is 0 Å². The molecule has 1 fully saturated rings. The van der Waals surface area contributed by atoms with Crippen LogP contribution in [0.4, 0.5) is 4.39 Å². The zero-order chi connectivity index (χ0) is 17.2. The molecular formula is C17H26BrFIN3O2. The van der Waals surface area contributed by atoms with Crippen LogP contribution in [0.15, 0.2) is 27.7 Å². The Bertz CT molecular complexity index is 543. The van der Waals surface area contributed by atoms with E-state index < -0.39 is 0 Å². The Morgan fingerprint density at radius 2 is 2.20 bits per heavy atom. The Morgan fingerprint density at radius 3 is 2.88 bits per heavy atom. The highest BCUT2D eigenvalue weighted by atomic mass is 127. The van der Waals surface area contributed by atoms with Gasteiger partial charge in [-0.05, 0) is 52.9 Å². The zero-order valence-corrected chi connectivity index (χ0v) is 18.3. The molecule has 1 saturated heterocycles. The number of aliphatic imine (C=N–C) groups is 1. The van der Waals surface area contributed by atoms with Gasteiger partial charge in [-0.15, -0.1) is 24.0 Å². The van der Waals surface area contributed by atoms with Crippen molar-refractivity contribution < 1.29 is 13.9 Å². The van der Waals surface area contributed by atoms with E-state index >= 15 is 0 Å². The summed E-state index contributed by atoms with van der Waals surface area (Å²) in [5, 5.41) is 6.51. The van der Waals surface area contributed by atoms with Crippen molar-refractivity contribution in [3.63, 3.8) is 0 Å². The highest BCUT2D eigenvalue weighted by molar-refractivity contribution is 14.0. The Morgan fingerprint density at radius 1 is 1.40 bits per heavy atom. The highest BCUT2D eigenvalue weighted by Gasteiger charge is 2.15. The average molecular weight is 530 g/mol. The van der Waals surface area contributed by atoms with Gasteiger partial charge in [-0.25, -0.2) is 4.39 Å². The van der Waals surface area contributed by atoms with Crippen molar-refractivity contribution in [2.24, 2.45) is 4.99 Å². The van der Waals surface area contributed by atoms with E-state index in [1.165, 1.54) is 6.07 Å². The lowest BCUT2D eigenvalue weighted by atomic mass is 10.1. The summed E-state index contributed by atoms with van der Waals surface area (Å²) in [6.07, 6.45) is 2.97. The van der Waals surface area contributed by atoms with Crippen LogP contribution in [0, 0.1) is 5.82 Å². The second-order valence-corrected chi connectivity index (χ2v) is 6.49. The van der Waals surface area contributed by atoms with Crippen LogP contribution in [-0.2, 0) is 15.9 Å². The molecule has 2 rings (SSSR count). The molecule has 25 heavy (non-hydrogen) atoms. The number of benzene rings is 1. The lowest BCUT2D eigenvalue weighted by molar-refractivity contribution is 0.0420. The standard InChI is InChI=1S/C17H25BrFN3O2.HI/c1-20-17(21-7-2-9-24-14-6-10-23-12-14)22-8-5-13-3-4-16(19)15(18)11-13;/h3-4,11,14H,2,5-10,12H2,1H3,(H2,20,21,22);1H. The third kappa shape index (κ3) is 8.65. The molecule has 1 aromatic rings. The van der Waals surface area contributed by atoms with Gasteiger partial charge in [0.25, 0.3) is 0 Å². The monoisotopic (exact) mass is 529 g/mol. The molecule has 8 heteroatoms. The van der Waals surface area contributed by atoms with Crippen LogP contribution in [-0.4, -0.2) is 52.0 Å². The van der Waals surface area contributed by atoms with Gasteiger partial charge in [-0.2, -0.15) is 0 Å². The van der Waals surface area contributed by atoms with Crippen LogP contribution in [0.3, 0.4) is 0 Å². The molecule has 1 atom stereocenters. The summed E-state index contributed by atoms with van der Waals surface area (Å²) in [6, 6.07) is 5.07. The van der Waals surface area contributed by atoms with Crippen LogP contribution in [0.25, 0.3) is 0 Å². The van der Waals surface area contributed by atoms with E-state index in [4.69, 9.17) is 9.47 Å². The number of ether oxygens (including phenoxy) is 2. The number of halogens is 3. The maximum absolute atomic E-state index is 13.2. The minimum absolute atomic E-state index is 0. The van der Waals surface area contributed by atoms with Gasteiger partial charge in [-0.1, -0.05) is 6.07 Å². The van der Waals surface area contributed by atoms with Crippen molar-refractivity contribution in [2.45, 2.75) is 25.4 Å². The Balaban J connectivity index is 0.00000312. The second kappa shape index (κ2) is 12.8. The van der Waals surface area contributed by atoms with Crippen LogP contribution < -0.4 is 10.6 Å². The van der Waals surface area contributed by atoms with Crippen LogP contribution in [0.5, 0.6) is 0 Å². The van der Waals surface area contributed by atoms with Gasteiger partial charge in [0.05, 0.1) is 17.2 Å². The molecule has 0 aliphatic carbocycles. The van der Waals surface area contributed by atoms with E-state index in [-0.39, 0.29) is 35.9 Å². The molecule has 0 saturated carbocycles. The zero-order valence-electron chi connectivity index (χ0n) is 14.4. The summed E-state index contributed by atoms with van der Waals surface area (Å²) in [5.74, 6) is 0.524. The molecule has 0 aromatic heterocycles. The van der Waals surface area contributed by atoms with Gasteiger partial charge >= 0.3 is 0 Å². The van der Waals surface area contributed by atoms with Gasteiger partial charge in [-0.3, -0.25) is 4.99 Å². The summed E-state index contributed by atoms with van der Waals surface area (Å²) in [6.45, 7) is 3.78. The van der Waals surface area contributed by atoms with E-state index in [1.807, 2.05) is 0 Å². The predicted molar refractivity (Wildman–Crippen MR) is 112 cm³/mol. The fraction of sp³-hybridized carbons (Fsp3) is 0.588. The minimum Gasteiger partial charge on any atom is -0.379 e. The quantitative estimate of drug-likeness (QED) is 0.235. The molecule has 142 valence electrons. The molecular weight excluding hydrogens is 504 g/mol. The molecule has 2 N–H and O–H groups in total. The first-order chi connectivity index (χ1) is 11.7. The van der Waals surface area contributed by atoms with Crippen molar-refractivity contribution in [3.05, 3.63) is 34.1 Å². The number of rotatable bonds is 8. The SMILES string of the molecule is CN=C(NCCCOC1CCOC1)NCCc1ccc(F)c(Br)c1.I. The van der Waals surface area contributed by atoms with Crippen molar-refractivity contribution in [2.75, 3.05) is 40.0 Å². The molecule has 0 bridgehead atoms. The van der Waals surface area contributed by atoms with Crippen LogP contribution in [0.2, 0.25) is 0 Å². The van der Waals surface area contributed by atoms with Crippen molar-refractivity contribution in [1.29, 1.82) is 0 Å². The summed E-state index contributed by atoms with van der Waals surface area (Å²) in [7, 11) is 1.75. The van der Waals surface area contributed by atoms with Crippen LogP contribution >= 0.6 is 39.9 Å². The Hall–Kier alpha value is -0.450. The topological polar surface area (TPSA) is 54.9 Å². The van der Waals surface area contributed by atoms with Crippen molar-refractivity contribution >= 4 is 45.9 Å². The van der Waals surface area contributed by atoms with E-state index in [2.05, 4.69) is 31.6 Å². The van der Waals surface area contributed by atoms with Gasteiger partial charge in [0.2, 0.25) is 0 Å². The molecule has 0 radical (unpaired) electrons. The summed E-state index contributed by atoms with van der Waals surface area (Å²) in [5.41, 5.74) is 1.07. The first-order valence-corrected chi connectivity index (χ1v) is 9.06. The Labute approximate surface area is 174 Å². The fourth-order valence-corrected chi connectivity index (χ4v) is 2.84. The predicted octanol–water partition coefficient (Wildman–Crippen LogP) is 3.11. The van der Waals surface area contributed by atoms with E-state index in [9.17, 15) is 4.39 Å². The minimum atomic E-state index is -0.240. The first kappa shape index (κ1) is 22.6. The molecule has 1 aliphatic heterocycles. The third-order valence-electron chi connectivity index (χ3n) is 3.77. The second-order valence-electron chi connectivity index (χ2n) is 5.63. The summed E-state index contributed by atoms with van der Waals surface area (Å²) >= 11 is 3.20. The van der Waals surface area contributed by atoms with Gasteiger partial charge in [0, 0.05) is 33.4 Å². The number of hydrogen-bond donors (Lipinski definition) is 2. The number of nitrogens with one attached hydrogen (secondary N) is 2. The third-order valence-corrected chi connectivity index (χ3v) is 4.38. The van der Waals surface area contributed by atoms with Crippen LogP contribution in [0.1, 0.15) is 18.4 Å². The van der Waals surface area contributed by atoms with Gasteiger partial charge < -0.3 is 20.1 Å².